The average Bonchev–Trinajstić information content (AvgIpc) is 2.83. The summed E-state index contributed by atoms with van der Waals surface area (Å²) >= 11 is 0. The maximum atomic E-state index is 2.41. The molecule has 0 aromatic heterocycles. The minimum Gasteiger partial charge on any atom is -0.100 e. The second kappa shape index (κ2) is 12.0. The fourth-order valence-electron chi connectivity index (χ4n) is 3.87. The first-order chi connectivity index (χ1) is 9.83. The van der Waals surface area contributed by atoms with Crippen LogP contribution in [0.15, 0.2) is 0 Å². The Kier molecular flexibility index (Phi) is 11.1. The summed E-state index contributed by atoms with van der Waals surface area (Å²) in [6.07, 6.45) is 21.0. The van der Waals surface area contributed by atoms with Crippen molar-refractivity contribution in [2.75, 3.05) is 6.16 Å². The zero-order chi connectivity index (χ0) is 14.6. The van der Waals surface area contributed by atoms with Crippen LogP contribution in [0.25, 0.3) is 0 Å². The Balaban J connectivity index is 2.28. The molecule has 120 valence electrons. The van der Waals surface area contributed by atoms with Gasteiger partial charge in [0.2, 0.25) is 0 Å². The van der Waals surface area contributed by atoms with Gasteiger partial charge >= 0.3 is 0 Å². The molecule has 1 aliphatic rings. The van der Waals surface area contributed by atoms with Crippen LogP contribution in [0, 0.1) is 0 Å². The van der Waals surface area contributed by atoms with Crippen molar-refractivity contribution in [2.24, 2.45) is 0 Å². The highest BCUT2D eigenvalue weighted by Gasteiger charge is 2.33. The van der Waals surface area contributed by atoms with Gasteiger partial charge in [0.15, 0.2) is 0 Å². The summed E-state index contributed by atoms with van der Waals surface area (Å²) in [7, 11) is 0.386. The quantitative estimate of drug-likeness (QED) is 0.261. The number of rotatable bonds is 12. The zero-order valence-electron chi connectivity index (χ0n) is 14.5. The van der Waals surface area contributed by atoms with Gasteiger partial charge in [0.1, 0.15) is 0 Å². The molecule has 1 aliphatic heterocycles. The van der Waals surface area contributed by atoms with E-state index >= 15 is 0 Å². The van der Waals surface area contributed by atoms with Crippen molar-refractivity contribution in [3.63, 3.8) is 0 Å². The Morgan fingerprint density at radius 2 is 1.15 bits per heavy atom. The van der Waals surface area contributed by atoms with E-state index in [0.717, 1.165) is 11.3 Å². The van der Waals surface area contributed by atoms with Crippen LogP contribution < -0.4 is 0 Å². The van der Waals surface area contributed by atoms with E-state index in [2.05, 4.69) is 20.8 Å². The van der Waals surface area contributed by atoms with Crippen LogP contribution >= 0.6 is 7.92 Å². The summed E-state index contributed by atoms with van der Waals surface area (Å²) in [6, 6.07) is 0. The molecule has 2 atom stereocenters. The van der Waals surface area contributed by atoms with Crippen molar-refractivity contribution in [3.05, 3.63) is 0 Å². The summed E-state index contributed by atoms with van der Waals surface area (Å²) < 4.78 is 0. The Morgan fingerprint density at radius 3 is 1.55 bits per heavy atom. The Morgan fingerprint density at radius 1 is 0.650 bits per heavy atom. The van der Waals surface area contributed by atoms with Crippen molar-refractivity contribution in [1.29, 1.82) is 0 Å². The molecule has 1 heteroatoms. The van der Waals surface area contributed by atoms with Crippen LogP contribution in [0.2, 0.25) is 0 Å². The van der Waals surface area contributed by atoms with Gasteiger partial charge in [-0.25, -0.2) is 0 Å². The molecule has 0 N–H and O–H groups in total. The van der Waals surface area contributed by atoms with E-state index in [0.29, 0.717) is 7.92 Å². The molecule has 0 bridgehead atoms. The molecular weight excluding hydrogens is 259 g/mol. The summed E-state index contributed by atoms with van der Waals surface area (Å²) in [6.45, 7) is 7.06. The molecule has 0 aromatic rings. The van der Waals surface area contributed by atoms with Crippen LogP contribution in [0.3, 0.4) is 0 Å². The maximum absolute atomic E-state index is 2.41. The third-order valence-corrected chi connectivity index (χ3v) is 8.91. The van der Waals surface area contributed by atoms with E-state index in [1.165, 1.54) is 57.8 Å². The number of hydrogen-bond donors (Lipinski definition) is 0. The Bertz CT molecular complexity index is 194. The third-order valence-electron chi connectivity index (χ3n) is 5.03. The zero-order valence-corrected chi connectivity index (χ0v) is 15.4. The fraction of sp³-hybridized carbons (Fsp3) is 1.00. The van der Waals surface area contributed by atoms with Crippen molar-refractivity contribution < 1.29 is 0 Å². The van der Waals surface area contributed by atoms with E-state index in [1.54, 1.807) is 31.8 Å². The SMILES string of the molecule is CCCCCCC1CCC(CCCCCC)P1CCC. The maximum Gasteiger partial charge on any atom is -0.0206 e. The van der Waals surface area contributed by atoms with E-state index in [4.69, 9.17) is 0 Å². The van der Waals surface area contributed by atoms with Crippen LogP contribution in [0.4, 0.5) is 0 Å². The molecule has 20 heavy (non-hydrogen) atoms. The molecule has 0 nitrogen and oxygen atoms in total. The first-order valence-electron chi connectivity index (χ1n) is 9.59. The average molecular weight is 298 g/mol. The molecule has 0 saturated carbocycles. The minimum absolute atomic E-state index is 0.386. The van der Waals surface area contributed by atoms with Gasteiger partial charge in [-0.1, -0.05) is 78.6 Å². The number of hydrogen-bond acceptors (Lipinski definition) is 0. The van der Waals surface area contributed by atoms with E-state index in [-0.39, 0.29) is 0 Å². The molecule has 0 amide bonds. The van der Waals surface area contributed by atoms with Crippen molar-refractivity contribution >= 4 is 7.92 Å². The molecule has 1 fully saturated rings. The lowest BCUT2D eigenvalue weighted by Crippen LogP contribution is -2.07. The Labute approximate surface area is 130 Å². The van der Waals surface area contributed by atoms with Crippen molar-refractivity contribution in [1.82, 2.24) is 0 Å². The topological polar surface area (TPSA) is 0 Å². The first kappa shape index (κ1) is 18.5. The normalized spacial score (nSPS) is 26.2. The van der Waals surface area contributed by atoms with Crippen LogP contribution in [0.5, 0.6) is 0 Å². The monoisotopic (exact) mass is 298 g/mol. The van der Waals surface area contributed by atoms with Gasteiger partial charge in [-0.2, -0.15) is 0 Å². The molecule has 1 saturated heterocycles. The van der Waals surface area contributed by atoms with Gasteiger partial charge in [-0.05, 0) is 43.2 Å². The largest absolute Gasteiger partial charge is 0.100 e. The summed E-state index contributed by atoms with van der Waals surface area (Å²) in [4.78, 5) is 0. The Hall–Kier alpha value is 0.430. The molecule has 0 spiro atoms. The lowest BCUT2D eigenvalue weighted by atomic mass is 10.0. The lowest BCUT2D eigenvalue weighted by Gasteiger charge is -2.26. The van der Waals surface area contributed by atoms with Gasteiger partial charge in [0.25, 0.3) is 0 Å². The first-order valence-corrected chi connectivity index (χ1v) is 11.3. The molecule has 1 rings (SSSR count). The fourth-order valence-corrected chi connectivity index (χ4v) is 7.70. The van der Waals surface area contributed by atoms with E-state index < -0.39 is 0 Å². The molecule has 0 aromatic carbocycles. The summed E-state index contributed by atoms with van der Waals surface area (Å²) in [5, 5.41) is 0. The predicted octanol–water partition coefficient (Wildman–Crippen LogP) is 7.35. The highest BCUT2D eigenvalue weighted by molar-refractivity contribution is 7.59. The molecule has 0 radical (unpaired) electrons. The van der Waals surface area contributed by atoms with Gasteiger partial charge in [0.05, 0.1) is 0 Å². The molecule has 2 unspecified atom stereocenters. The van der Waals surface area contributed by atoms with Crippen LogP contribution in [0.1, 0.15) is 104 Å². The van der Waals surface area contributed by atoms with Gasteiger partial charge < -0.3 is 0 Å². The van der Waals surface area contributed by atoms with Gasteiger partial charge in [0, 0.05) is 0 Å². The molecular formula is C19H39P. The number of unbranched alkanes of at least 4 members (excludes halogenated alkanes) is 6. The smallest absolute Gasteiger partial charge is 0.0206 e. The lowest BCUT2D eigenvalue weighted by molar-refractivity contribution is 0.580. The van der Waals surface area contributed by atoms with Gasteiger partial charge in [-0.3, -0.25) is 0 Å². The van der Waals surface area contributed by atoms with E-state index in [9.17, 15) is 0 Å². The highest BCUT2D eigenvalue weighted by atomic mass is 31.1. The van der Waals surface area contributed by atoms with Crippen LogP contribution in [-0.2, 0) is 0 Å². The molecule has 1 heterocycles. The second-order valence-corrected chi connectivity index (χ2v) is 9.76. The predicted molar refractivity (Wildman–Crippen MR) is 96.4 cm³/mol. The van der Waals surface area contributed by atoms with Crippen LogP contribution in [-0.4, -0.2) is 17.5 Å². The highest BCUT2D eigenvalue weighted by Crippen LogP contribution is 2.59. The van der Waals surface area contributed by atoms with Gasteiger partial charge in [-0.15, -0.1) is 7.92 Å². The van der Waals surface area contributed by atoms with Crippen molar-refractivity contribution in [3.8, 4) is 0 Å². The van der Waals surface area contributed by atoms with E-state index in [1.807, 2.05) is 0 Å². The summed E-state index contributed by atoms with van der Waals surface area (Å²) in [5.41, 5.74) is 2.30. The standard InChI is InChI=1S/C19H39P/c1-4-7-9-11-13-18-15-16-19(20(18)17-6-3)14-12-10-8-5-2/h18-19H,4-17H2,1-3H3. The van der Waals surface area contributed by atoms with Crippen molar-refractivity contribution in [2.45, 2.75) is 116 Å². The summed E-state index contributed by atoms with van der Waals surface area (Å²) in [5.74, 6) is 0. The third kappa shape index (κ3) is 6.93. The second-order valence-electron chi connectivity index (χ2n) is 6.82. The minimum atomic E-state index is 0.386. The molecule has 0 aliphatic carbocycles.